The third-order valence-corrected chi connectivity index (χ3v) is 3.78. The van der Waals surface area contributed by atoms with Gasteiger partial charge < -0.3 is 14.7 Å². The highest BCUT2D eigenvalue weighted by Crippen LogP contribution is 2.22. The number of aromatic hydroxyl groups is 1. The van der Waals surface area contributed by atoms with E-state index in [4.69, 9.17) is 4.74 Å². The van der Waals surface area contributed by atoms with Gasteiger partial charge in [0.1, 0.15) is 5.75 Å². The van der Waals surface area contributed by atoms with Crippen LogP contribution in [0, 0.1) is 12.8 Å². The zero-order valence-electron chi connectivity index (χ0n) is 12.5. The third-order valence-electron chi connectivity index (χ3n) is 3.78. The fourth-order valence-electron chi connectivity index (χ4n) is 2.54. The monoisotopic (exact) mass is 291 g/mol. The van der Waals surface area contributed by atoms with Crippen LogP contribution in [0.2, 0.25) is 0 Å². The number of aryl methyl sites for hydroxylation is 1. The van der Waals surface area contributed by atoms with Crippen molar-refractivity contribution in [2.75, 3.05) is 19.7 Å². The molecule has 1 aliphatic rings. The minimum absolute atomic E-state index is 0.111. The van der Waals surface area contributed by atoms with Crippen molar-refractivity contribution in [3.8, 4) is 5.75 Å². The average Bonchev–Trinajstić information content (AvgIpc) is 2.49. The Morgan fingerprint density at radius 1 is 1.43 bits per heavy atom. The summed E-state index contributed by atoms with van der Waals surface area (Å²) in [7, 11) is 0. The summed E-state index contributed by atoms with van der Waals surface area (Å²) in [5.74, 6) is -0.525. The van der Waals surface area contributed by atoms with Gasteiger partial charge in [-0.15, -0.1) is 0 Å². The van der Waals surface area contributed by atoms with E-state index in [1.165, 1.54) is 6.07 Å². The molecule has 0 aliphatic carbocycles. The Kier molecular flexibility index (Phi) is 4.83. The van der Waals surface area contributed by atoms with Gasteiger partial charge in [-0.25, -0.2) is 0 Å². The molecule has 0 spiro atoms. The van der Waals surface area contributed by atoms with Gasteiger partial charge in [0.15, 0.2) is 0 Å². The second-order valence-electron chi connectivity index (χ2n) is 5.34. The zero-order valence-corrected chi connectivity index (χ0v) is 12.5. The van der Waals surface area contributed by atoms with Crippen LogP contribution in [0.15, 0.2) is 18.2 Å². The number of ether oxygens (including phenoxy) is 1. The van der Waals surface area contributed by atoms with E-state index in [0.29, 0.717) is 25.3 Å². The highest BCUT2D eigenvalue weighted by atomic mass is 16.5. The molecule has 1 atom stereocenters. The molecule has 1 aromatic carbocycles. The Labute approximate surface area is 124 Å². The molecule has 1 amide bonds. The maximum atomic E-state index is 12.5. The molecule has 1 fully saturated rings. The summed E-state index contributed by atoms with van der Waals surface area (Å²) in [6.07, 6.45) is 1.54. The van der Waals surface area contributed by atoms with E-state index in [2.05, 4.69) is 0 Å². The second kappa shape index (κ2) is 6.61. The lowest BCUT2D eigenvalue weighted by Crippen LogP contribution is -2.42. The first-order valence-electron chi connectivity index (χ1n) is 7.28. The van der Waals surface area contributed by atoms with Crippen molar-refractivity contribution in [3.05, 3.63) is 29.3 Å². The first-order valence-corrected chi connectivity index (χ1v) is 7.28. The minimum atomic E-state index is -0.248. The van der Waals surface area contributed by atoms with Gasteiger partial charge in [0, 0.05) is 18.7 Å². The molecule has 1 aromatic rings. The molecule has 0 radical (unpaired) electrons. The van der Waals surface area contributed by atoms with Crippen LogP contribution in [0.25, 0.3) is 0 Å². The first-order chi connectivity index (χ1) is 10.0. The maximum Gasteiger partial charge on any atom is 0.310 e. The van der Waals surface area contributed by atoms with E-state index in [9.17, 15) is 14.7 Å². The Morgan fingerprint density at radius 3 is 2.86 bits per heavy atom. The SMILES string of the molecule is CCOC(=O)C1CCCN(C(=O)c2ccc(C)c(O)c2)C1. The van der Waals surface area contributed by atoms with Crippen molar-refractivity contribution in [3.63, 3.8) is 0 Å². The topological polar surface area (TPSA) is 66.8 Å². The number of rotatable bonds is 3. The smallest absolute Gasteiger partial charge is 0.310 e. The molecule has 1 aliphatic heterocycles. The van der Waals surface area contributed by atoms with Crippen LogP contribution in [0.3, 0.4) is 0 Å². The fourth-order valence-corrected chi connectivity index (χ4v) is 2.54. The largest absolute Gasteiger partial charge is 0.508 e. The van der Waals surface area contributed by atoms with Crippen LogP contribution in [-0.2, 0) is 9.53 Å². The number of hydrogen-bond acceptors (Lipinski definition) is 4. The number of nitrogens with zero attached hydrogens (tertiary/aromatic N) is 1. The van der Waals surface area contributed by atoms with Crippen molar-refractivity contribution in [2.24, 2.45) is 5.92 Å². The van der Waals surface area contributed by atoms with Crippen molar-refractivity contribution < 1.29 is 19.4 Å². The number of amides is 1. The van der Waals surface area contributed by atoms with Gasteiger partial charge in [-0.3, -0.25) is 9.59 Å². The van der Waals surface area contributed by atoms with Crippen LogP contribution in [0.5, 0.6) is 5.75 Å². The number of hydrogen-bond donors (Lipinski definition) is 1. The van der Waals surface area contributed by atoms with Crippen LogP contribution in [-0.4, -0.2) is 41.6 Å². The van der Waals surface area contributed by atoms with Crippen LogP contribution >= 0.6 is 0 Å². The summed E-state index contributed by atoms with van der Waals surface area (Å²) in [6, 6.07) is 4.90. The third kappa shape index (κ3) is 3.54. The average molecular weight is 291 g/mol. The summed E-state index contributed by atoms with van der Waals surface area (Å²) in [5, 5.41) is 9.71. The molecule has 114 valence electrons. The number of carbonyl (C=O) groups is 2. The lowest BCUT2D eigenvalue weighted by Gasteiger charge is -2.31. The van der Waals surface area contributed by atoms with Crippen molar-refractivity contribution in [1.82, 2.24) is 4.90 Å². The molecule has 1 heterocycles. The van der Waals surface area contributed by atoms with Crippen molar-refractivity contribution in [2.45, 2.75) is 26.7 Å². The Balaban J connectivity index is 2.08. The number of piperidine rings is 1. The zero-order chi connectivity index (χ0) is 15.4. The number of likely N-dealkylation sites (tertiary alicyclic amines) is 1. The number of phenolic OH excluding ortho intramolecular Hbond substituents is 1. The van der Waals surface area contributed by atoms with Gasteiger partial charge >= 0.3 is 5.97 Å². The van der Waals surface area contributed by atoms with Gasteiger partial charge in [0.05, 0.1) is 12.5 Å². The van der Waals surface area contributed by atoms with Crippen molar-refractivity contribution >= 4 is 11.9 Å². The van der Waals surface area contributed by atoms with E-state index in [1.807, 2.05) is 0 Å². The molecule has 21 heavy (non-hydrogen) atoms. The predicted molar refractivity (Wildman–Crippen MR) is 78.1 cm³/mol. The highest BCUT2D eigenvalue weighted by molar-refractivity contribution is 5.95. The van der Waals surface area contributed by atoms with E-state index in [0.717, 1.165) is 18.4 Å². The van der Waals surface area contributed by atoms with E-state index < -0.39 is 0 Å². The van der Waals surface area contributed by atoms with Gasteiger partial charge in [-0.05, 0) is 44.4 Å². The predicted octanol–water partition coefficient (Wildman–Crippen LogP) is 2.12. The fraction of sp³-hybridized carbons (Fsp3) is 0.500. The normalized spacial score (nSPS) is 18.4. The summed E-state index contributed by atoms with van der Waals surface area (Å²) in [5.41, 5.74) is 1.18. The van der Waals surface area contributed by atoms with Crippen LogP contribution in [0.4, 0.5) is 0 Å². The molecule has 0 bridgehead atoms. The van der Waals surface area contributed by atoms with Crippen molar-refractivity contribution in [1.29, 1.82) is 0 Å². The van der Waals surface area contributed by atoms with Gasteiger partial charge in [-0.1, -0.05) is 6.07 Å². The second-order valence-corrected chi connectivity index (χ2v) is 5.34. The summed E-state index contributed by atoms with van der Waals surface area (Å²) in [4.78, 5) is 25.9. The molecular formula is C16H21NO4. The summed E-state index contributed by atoms with van der Waals surface area (Å²) < 4.78 is 5.03. The van der Waals surface area contributed by atoms with Crippen LogP contribution < -0.4 is 0 Å². The van der Waals surface area contributed by atoms with Gasteiger partial charge in [0.2, 0.25) is 0 Å². The molecule has 5 heteroatoms. The highest BCUT2D eigenvalue weighted by Gasteiger charge is 2.29. The van der Waals surface area contributed by atoms with E-state index in [1.54, 1.807) is 30.9 Å². The Bertz CT molecular complexity index is 541. The van der Waals surface area contributed by atoms with E-state index in [-0.39, 0.29) is 23.5 Å². The van der Waals surface area contributed by atoms with Gasteiger partial charge in [-0.2, -0.15) is 0 Å². The van der Waals surface area contributed by atoms with Gasteiger partial charge in [0.25, 0.3) is 5.91 Å². The molecule has 5 nitrogen and oxygen atoms in total. The molecule has 1 saturated heterocycles. The number of benzene rings is 1. The molecule has 0 aromatic heterocycles. The number of esters is 1. The lowest BCUT2D eigenvalue weighted by atomic mass is 9.97. The molecule has 1 unspecified atom stereocenters. The minimum Gasteiger partial charge on any atom is -0.508 e. The van der Waals surface area contributed by atoms with E-state index >= 15 is 0 Å². The maximum absolute atomic E-state index is 12.5. The summed E-state index contributed by atoms with van der Waals surface area (Å²) in [6.45, 7) is 4.92. The lowest BCUT2D eigenvalue weighted by molar-refractivity contribution is -0.149. The summed E-state index contributed by atoms with van der Waals surface area (Å²) >= 11 is 0. The molecular weight excluding hydrogens is 270 g/mol. The molecule has 0 saturated carbocycles. The van der Waals surface area contributed by atoms with Crippen LogP contribution in [0.1, 0.15) is 35.7 Å². The Morgan fingerprint density at radius 2 is 2.19 bits per heavy atom. The first kappa shape index (κ1) is 15.4. The standard InChI is InChI=1S/C16H21NO4/c1-3-21-16(20)13-5-4-8-17(10-13)15(19)12-7-6-11(2)14(18)9-12/h6-7,9,13,18H,3-5,8,10H2,1-2H3. The quantitative estimate of drug-likeness (QED) is 0.866. The number of phenols is 1. The molecule has 2 rings (SSSR count). The molecule has 1 N–H and O–H groups in total. The Hall–Kier alpha value is -2.04. The number of carbonyl (C=O) groups excluding carboxylic acids is 2.